The highest BCUT2D eigenvalue weighted by Crippen LogP contribution is 2.14. The molecule has 0 heterocycles. The summed E-state index contributed by atoms with van der Waals surface area (Å²) >= 11 is 6.88. The van der Waals surface area contributed by atoms with Crippen LogP contribution in [0.4, 0.5) is 0 Å². The van der Waals surface area contributed by atoms with E-state index in [-0.39, 0.29) is 0 Å². The van der Waals surface area contributed by atoms with Crippen LogP contribution in [0.5, 0.6) is 0 Å². The number of hydrogen-bond acceptors (Lipinski definition) is 3. The SMILES string of the molecule is CCC(CC(N)=S)N(C)C(C)CCSC. The second-order valence-electron chi connectivity index (χ2n) is 4.03. The average molecular weight is 248 g/mol. The molecule has 0 radical (unpaired) electrons. The fourth-order valence-electron chi connectivity index (χ4n) is 1.66. The van der Waals surface area contributed by atoms with E-state index in [2.05, 4.69) is 32.1 Å². The molecule has 0 aliphatic heterocycles. The van der Waals surface area contributed by atoms with Crippen molar-refractivity contribution in [1.29, 1.82) is 0 Å². The fourth-order valence-corrected chi connectivity index (χ4v) is 2.43. The Kier molecular flexibility index (Phi) is 8.47. The zero-order valence-corrected chi connectivity index (χ0v) is 12.0. The zero-order valence-electron chi connectivity index (χ0n) is 10.3. The van der Waals surface area contributed by atoms with Gasteiger partial charge in [-0.3, -0.25) is 0 Å². The number of rotatable bonds is 8. The predicted octanol–water partition coefficient (Wildman–Crippen LogP) is 2.51. The number of nitrogens with two attached hydrogens (primary N) is 1. The highest BCUT2D eigenvalue weighted by molar-refractivity contribution is 7.98. The molecule has 0 fully saturated rings. The highest BCUT2D eigenvalue weighted by Gasteiger charge is 2.18. The Balaban J connectivity index is 4.11. The van der Waals surface area contributed by atoms with Gasteiger partial charge in [0.2, 0.25) is 0 Å². The molecule has 0 aliphatic rings. The molecule has 90 valence electrons. The quantitative estimate of drug-likeness (QED) is 0.668. The van der Waals surface area contributed by atoms with Crippen LogP contribution in [-0.2, 0) is 0 Å². The first kappa shape index (κ1) is 15.2. The molecule has 2 atom stereocenters. The third-order valence-corrected chi connectivity index (χ3v) is 3.73. The summed E-state index contributed by atoms with van der Waals surface area (Å²) in [7, 11) is 2.18. The van der Waals surface area contributed by atoms with Crippen molar-refractivity contribution in [1.82, 2.24) is 4.90 Å². The minimum atomic E-state index is 0.499. The molecule has 15 heavy (non-hydrogen) atoms. The van der Waals surface area contributed by atoms with Gasteiger partial charge in [0.15, 0.2) is 0 Å². The standard InChI is InChI=1S/C11H24N2S2/c1-5-10(8-11(12)14)13(3)9(2)6-7-15-4/h9-10H,5-8H2,1-4H3,(H2,12,14). The zero-order chi connectivity index (χ0) is 11.8. The van der Waals surface area contributed by atoms with Gasteiger partial charge in [0.1, 0.15) is 0 Å². The first-order valence-corrected chi connectivity index (χ1v) is 7.32. The van der Waals surface area contributed by atoms with Crippen LogP contribution in [0.15, 0.2) is 0 Å². The molecule has 2 nitrogen and oxygen atoms in total. The molecule has 0 aromatic carbocycles. The second kappa shape index (κ2) is 8.36. The third kappa shape index (κ3) is 6.38. The van der Waals surface area contributed by atoms with Crippen LogP contribution in [0.2, 0.25) is 0 Å². The van der Waals surface area contributed by atoms with Gasteiger partial charge in [-0.1, -0.05) is 19.1 Å². The van der Waals surface area contributed by atoms with E-state index in [1.165, 1.54) is 12.2 Å². The van der Waals surface area contributed by atoms with Gasteiger partial charge in [0.05, 0.1) is 4.99 Å². The Morgan fingerprint density at radius 3 is 2.53 bits per heavy atom. The van der Waals surface area contributed by atoms with Crippen LogP contribution < -0.4 is 5.73 Å². The topological polar surface area (TPSA) is 29.3 Å². The summed E-state index contributed by atoms with van der Waals surface area (Å²) in [5.74, 6) is 1.22. The summed E-state index contributed by atoms with van der Waals surface area (Å²) in [6.45, 7) is 4.47. The molecule has 0 spiro atoms. The summed E-state index contributed by atoms with van der Waals surface area (Å²) in [5.41, 5.74) is 5.61. The molecule has 2 unspecified atom stereocenters. The lowest BCUT2D eigenvalue weighted by Crippen LogP contribution is -2.40. The van der Waals surface area contributed by atoms with Crippen LogP contribution in [-0.4, -0.2) is 41.0 Å². The molecule has 0 aromatic heterocycles. The van der Waals surface area contributed by atoms with Crippen LogP contribution in [0, 0.1) is 0 Å². The van der Waals surface area contributed by atoms with E-state index in [0.717, 1.165) is 12.8 Å². The Morgan fingerprint density at radius 2 is 2.13 bits per heavy atom. The lowest BCUT2D eigenvalue weighted by molar-refractivity contribution is 0.180. The van der Waals surface area contributed by atoms with Gasteiger partial charge in [0.25, 0.3) is 0 Å². The first-order valence-electron chi connectivity index (χ1n) is 5.52. The van der Waals surface area contributed by atoms with Gasteiger partial charge in [-0.2, -0.15) is 11.8 Å². The molecule has 0 rings (SSSR count). The molecular formula is C11H24N2S2. The number of thioether (sulfide) groups is 1. The molecule has 0 aliphatic carbocycles. The lowest BCUT2D eigenvalue weighted by Gasteiger charge is -2.32. The van der Waals surface area contributed by atoms with E-state index in [0.29, 0.717) is 17.1 Å². The van der Waals surface area contributed by atoms with Gasteiger partial charge in [-0.05, 0) is 38.8 Å². The minimum Gasteiger partial charge on any atom is -0.393 e. The Bertz CT molecular complexity index is 185. The number of hydrogen-bond donors (Lipinski definition) is 1. The third-order valence-electron chi connectivity index (χ3n) is 2.92. The molecule has 4 heteroatoms. The normalized spacial score (nSPS) is 15.3. The predicted molar refractivity (Wildman–Crippen MR) is 75.7 cm³/mol. The van der Waals surface area contributed by atoms with Crippen molar-refractivity contribution in [2.75, 3.05) is 19.1 Å². The van der Waals surface area contributed by atoms with Crippen LogP contribution in [0.3, 0.4) is 0 Å². The van der Waals surface area contributed by atoms with Gasteiger partial charge in [-0.25, -0.2) is 0 Å². The lowest BCUT2D eigenvalue weighted by atomic mass is 10.1. The maximum absolute atomic E-state index is 5.61. The molecule has 0 amide bonds. The molecule has 0 saturated carbocycles. The van der Waals surface area contributed by atoms with E-state index >= 15 is 0 Å². The van der Waals surface area contributed by atoms with Gasteiger partial charge in [0, 0.05) is 18.5 Å². The molecule has 0 aromatic rings. The van der Waals surface area contributed by atoms with Gasteiger partial charge >= 0.3 is 0 Å². The second-order valence-corrected chi connectivity index (χ2v) is 5.54. The van der Waals surface area contributed by atoms with E-state index in [4.69, 9.17) is 18.0 Å². The van der Waals surface area contributed by atoms with E-state index in [1.807, 2.05) is 11.8 Å². The van der Waals surface area contributed by atoms with Crippen LogP contribution >= 0.6 is 24.0 Å². The summed E-state index contributed by atoms with van der Waals surface area (Å²) in [5, 5.41) is 0. The Hall–Kier alpha value is 0.200. The molecular weight excluding hydrogens is 224 g/mol. The Labute approximate surface area is 104 Å². The first-order chi connectivity index (χ1) is 7.02. The van der Waals surface area contributed by atoms with Crippen LogP contribution in [0.1, 0.15) is 33.1 Å². The minimum absolute atomic E-state index is 0.499. The summed E-state index contributed by atoms with van der Waals surface area (Å²) in [6, 6.07) is 1.11. The van der Waals surface area contributed by atoms with Crippen molar-refractivity contribution < 1.29 is 0 Å². The molecule has 2 N–H and O–H groups in total. The maximum Gasteiger partial charge on any atom is 0.0743 e. The summed E-state index contributed by atoms with van der Waals surface area (Å²) in [6.07, 6.45) is 5.33. The van der Waals surface area contributed by atoms with Crippen molar-refractivity contribution in [3.63, 3.8) is 0 Å². The van der Waals surface area contributed by atoms with Crippen molar-refractivity contribution in [2.24, 2.45) is 5.73 Å². The van der Waals surface area contributed by atoms with E-state index in [1.54, 1.807) is 0 Å². The highest BCUT2D eigenvalue weighted by atomic mass is 32.2. The average Bonchev–Trinajstić information content (AvgIpc) is 2.21. The summed E-state index contributed by atoms with van der Waals surface area (Å²) in [4.78, 5) is 3.04. The summed E-state index contributed by atoms with van der Waals surface area (Å²) < 4.78 is 0. The largest absolute Gasteiger partial charge is 0.393 e. The van der Waals surface area contributed by atoms with Crippen molar-refractivity contribution >= 4 is 29.0 Å². The maximum atomic E-state index is 5.61. The fraction of sp³-hybridized carbons (Fsp3) is 0.909. The van der Waals surface area contributed by atoms with Gasteiger partial charge < -0.3 is 10.6 Å². The smallest absolute Gasteiger partial charge is 0.0743 e. The van der Waals surface area contributed by atoms with Crippen molar-refractivity contribution in [3.8, 4) is 0 Å². The number of nitrogens with zero attached hydrogens (tertiary/aromatic N) is 1. The van der Waals surface area contributed by atoms with E-state index in [9.17, 15) is 0 Å². The van der Waals surface area contributed by atoms with Crippen molar-refractivity contribution in [2.45, 2.75) is 45.2 Å². The monoisotopic (exact) mass is 248 g/mol. The van der Waals surface area contributed by atoms with Crippen molar-refractivity contribution in [3.05, 3.63) is 0 Å². The Morgan fingerprint density at radius 1 is 1.53 bits per heavy atom. The van der Waals surface area contributed by atoms with Gasteiger partial charge in [-0.15, -0.1) is 0 Å². The molecule has 0 bridgehead atoms. The number of thiocarbonyl (C=S) groups is 1. The van der Waals surface area contributed by atoms with Crippen LogP contribution in [0.25, 0.3) is 0 Å². The molecule has 0 saturated heterocycles. The van der Waals surface area contributed by atoms with E-state index < -0.39 is 0 Å².